The van der Waals surface area contributed by atoms with Gasteiger partial charge in [0, 0.05) is 31.1 Å². The van der Waals surface area contributed by atoms with Gasteiger partial charge in [0.2, 0.25) is 0 Å². The lowest BCUT2D eigenvalue weighted by molar-refractivity contribution is 0.0743. The molecule has 1 aliphatic rings. The summed E-state index contributed by atoms with van der Waals surface area (Å²) in [6, 6.07) is 13.8. The van der Waals surface area contributed by atoms with Gasteiger partial charge in [-0.25, -0.2) is 4.98 Å². The lowest BCUT2D eigenvalue weighted by Crippen LogP contribution is -2.48. The average molecular weight is 400 g/mol. The quantitative estimate of drug-likeness (QED) is 0.621. The molecule has 140 valence electrons. The molecule has 7 heteroatoms. The van der Waals surface area contributed by atoms with E-state index in [1.165, 1.54) is 9.60 Å². The molecule has 4 rings (SSSR count). The zero-order chi connectivity index (χ0) is 18.8. The Morgan fingerprint density at radius 3 is 2.67 bits per heavy atom. The molecule has 0 atom stereocenters. The number of methoxy groups -OCH3 is 1. The highest BCUT2D eigenvalue weighted by molar-refractivity contribution is 7.98. The highest BCUT2D eigenvalue weighted by atomic mass is 32.2. The molecule has 1 amide bonds. The number of hydrogen-bond acceptors (Lipinski definition) is 6. The largest absolute Gasteiger partial charge is 0.496 e. The van der Waals surface area contributed by atoms with Gasteiger partial charge in [-0.3, -0.25) is 4.79 Å². The van der Waals surface area contributed by atoms with E-state index in [4.69, 9.17) is 9.72 Å². The fourth-order valence-electron chi connectivity index (χ4n) is 3.25. The van der Waals surface area contributed by atoms with Crippen LogP contribution in [0.3, 0.4) is 0 Å². The van der Waals surface area contributed by atoms with Gasteiger partial charge in [0.1, 0.15) is 5.75 Å². The van der Waals surface area contributed by atoms with E-state index in [0.29, 0.717) is 24.4 Å². The number of fused-ring (bicyclic) bond motifs is 1. The molecule has 3 aromatic rings. The molecule has 27 heavy (non-hydrogen) atoms. The molecular weight excluding hydrogens is 378 g/mol. The van der Waals surface area contributed by atoms with Crippen molar-refractivity contribution in [3.63, 3.8) is 0 Å². The second-order valence-corrected chi connectivity index (χ2v) is 8.20. The van der Waals surface area contributed by atoms with Crippen LogP contribution in [0.4, 0.5) is 5.13 Å². The van der Waals surface area contributed by atoms with Crippen LogP contribution >= 0.6 is 23.1 Å². The number of anilines is 1. The van der Waals surface area contributed by atoms with E-state index in [-0.39, 0.29) is 5.91 Å². The summed E-state index contributed by atoms with van der Waals surface area (Å²) in [7, 11) is 1.60. The number of hydrogen-bond donors (Lipinski definition) is 0. The van der Waals surface area contributed by atoms with Crippen LogP contribution in [0.2, 0.25) is 0 Å². The molecule has 0 unspecified atom stereocenters. The minimum atomic E-state index is 0.0287. The summed E-state index contributed by atoms with van der Waals surface area (Å²) in [5.41, 5.74) is 1.67. The lowest BCUT2D eigenvalue weighted by atomic mass is 10.1. The van der Waals surface area contributed by atoms with Crippen molar-refractivity contribution < 1.29 is 9.53 Å². The van der Waals surface area contributed by atoms with Crippen molar-refractivity contribution in [1.29, 1.82) is 0 Å². The molecule has 0 radical (unpaired) electrons. The van der Waals surface area contributed by atoms with Crippen LogP contribution in [0.25, 0.3) is 10.2 Å². The molecule has 1 aliphatic heterocycles. The summed E-state index contributed by atoms with van der Waals surface area (Å²) >= 11 is 3.47. The predicted octanol–water partition coefficient (Wildman–Crippen LogP) is 3.99. The lowest BCUT2D eigenvalue weighted by Gasteiger charge is -2.34. The third-order valence-corrected chi connectivity index (χ3v) is 6.56. The van der Waals surface area contributed by atoms with Gasteiger partial charge in [0.15, 0.2) is 5.13 Å². The number of thiazole rings is 1. The summed E-state index contributed by atoms with van der Waals surface area (Å²) in [5.74, 6) is 0.654. The summed E-state index contributed by atoms with van der Waals surface area (Å²) < 4.78 is 6.54. The van der Waals surface area contributed by atoms with Crippen molar-refractivity contribution in [3.05, 3.63) is 48.0 Å². The van der Waals surface area contributed by atoms with Crippen LogP contribution in [0.15, 0.2) is 47.4 Å². The van der Waals surface area contributed by atoms with Crippen LogP contribution in [0, 0.1) is 0 Å². The molecule has 1 fully saturated rings. The van der Waals surface area contributed by atoms with Gasteiger partial charge in [0.25, 0.3) is 5.91 Å². The number of thioether (sulfide) groups is 1. The van der Waals surface area contributed by atoms with Gasteiger partial charge in [-0.15, -0.1) is 11.8 Å². The van der Waals surface area contributed by atoms with Crippen molar-refractivity contribution in [2.75, 3.05) is 44.4 Å². The van der Waals surface area contributed by atoms with E-state index < -0.39 is 0 Å². The highest BCUT2D eigenvalue weighted by Crippen LogP contribution is 2.32. The van der Waals surface area contributed by atoms with Crippen LogP contribution < -0.4 is 9.64 Å². The van der Waals surface area contributed by atoms with Gasteiger partial charge >= 0.3 is 0 Å². The standard InChI is InChI=1S/C20H21N3O2S2/c1-25-17-6-4-3-5-15(17)19(24)22-9-11-23(12-10-22)20-21-16-8-7-14(26-2)13-18(16)27-20/h3-8,13H,9-12H2,1-2H3. The SMILES string of the molecule is COc1ccccc1C(=O)N1CCN(c2nc3ccc(SC)cc3s2)CC1. The zero-order valence-electron chi connectivity index (χ0n) is 15.3. The predicted molar refractivity (Wildman–Crippen MR) is 113 cm³/mol. The van der Waals surface area contributed by atoms with Crippen molar-refractivity contribution in [3.8, 4) is 5.75 Å². The number of ether oxygens (including phenoxy) is 1. The molecule has 1 saturated heterocycles. The maximum Gasteiger partial charge on any atom is 0.257 e. The first-order valence-corrected chi connectivity index (χ1v) is 10.9. The highest BCUT2D eigenvalue weighted by Gasteiger charge is 2.25. The van der Waals surface area contributed by atoms with E-state index >= 15 is 0 Å². The summed E-state index contributed by atoms with van der Waals surface area (Å²) in [6.45, 7) is 2.94. The normalized spacial score (nSPS) is 14.6. The molecule has 0 N–H and O–H groups in total. The van der Waals surface area contributed by atoms with Crippen LogP contribution in [0.5, 0.6) is 5.75 Å². The number of piperazine rings is 1. The maximum absolute atomic E-state index is 12.8. The first-order valence-electron chi connectivity index (χ1n) is 8.81. The van der Waals surface area contributed by atoms with Crippen molar-refractivity contribution in [1.82, 2.24) is 9.88 Å². The van der Waals surface area contributed by atoms with Gasteiger partial charge in [-0.2, -0.15) is 0 Å². The van der Waals surface area contributed by atoms with Crippen LogP contribution in [-0.4, -0.2) is 55.3 Å². The Balaban J connectivity index is 1.46. The molecule has 0 spiro atoms. The fraction of sp³-hybridized carbons (Fsp3) is 0.300. The number of carbonyl (C=O) groups is 1. The van der Waals surface area contributed by atoms with Crippen molar-refractivity contribution >= 4 is 44.4 Å². The Morgan fingerprint density at radius 1 is 1.15 bits per heavy atom. The Morgan fingerprint density at radius 2 is 1.93 bits per heavy atom. The molecule has 5 nitrogen and oxygen atoms in total. The first kappa shape index (κ1) is 18.1. The smallest absolute Gasteiger partial charge is 0.257 e. The fourth-order valence-corrected chi connectivity index (χ4v) is 4.82. The van der Waals surface area contributed by atoms with E-state index in [9.17, 15) is 4.79 Å². The molecule has 0 saturated carbocycles. The molecule has 2 heterocycles. The summed E-state index contributed by atoms with van der Waals surface area (Å²) in [4.78, 5) is 23.0. The number of aromatic nitrogens is 1. The van der Waals surface area contributed by atoms with Crippen LogP contribution in [-0.2, 0) is 0 Å². The minimum Gasteiger partial charge on any atom is -0.496 e. The minimum absolute atomic E-state index is 0.0287. The number of benzene rings is 2. The number of amides is 1. The Kier molecular flexibility index (Phi) is 5.22. The monoisotopic (exact) mass is 399 g/mol. The Hall–Kier alpha value is -2.25. The first-order chi connectivity index (χ1) is 13.2. The van der Waals surface area contributed by atoms with Crippen molar-refractivity contribution in [2.24, 2.45) is 0 Å². The maximum atomic E-state index is 12.8. The molecule has 1 aromatic heterocycles. The summed E-state index contributed by atoms with van der Waals surface area (Å²) in [6.07, 6.45) is 2.08. The van der Waals surface area contributed by atoms with E-state index in [2.05, 4.69) is 29.4 Å². The topological polar surface area (TPSA) is 45.7 Å². The number of rotatable bonds is 4. The summed E-state index contributed by atoms with van der Waals surface area (Å²) in [5, 5.41) is 1.03. The van der Waals surface area contributed by atoms with E-state index in [0.717, 1.165) is 23.7 Å². The van der Waals surface area contributed by atoms with Gasteiger partial charge in [0.05, 0.1) is 22.9 Å². The molecule has 2 aromatic carbocycles. The third kappa shape index (κ3) is 3.61. The second-order valence-electron chi connectivity index (χ2n) is 6.31. The van der Waals surface area contributed by atoms with Gasteiger partial charge in [-0.1, -0.05) is 23.5 Å². The zero-order valence-corrected chi connectivity index (χ0v) is 17.0. The molecule has 0 aliphatic carbocycles. The molecule has 0 bridgehead atoms. The third-order valence-electron chi connectivity index (χ3n) is 4.76. The number of carbonyl (C=O) groups excluding carboxylic acids is 1. The van der Waals surface area contributed by atoms with Crippen molar-refractivity contribution in [2.45, 2.75) is 4.90 Å². The Bertz CT molecular complexity index is 965. The van der Waals surface area contributed by atoms with Gasteiger partial charge < -0.3 is 14.5 Å². The number of nitrogens with zero attached hydrogens (tertiary/aromatic N) is 3. The second kappa shape index (κ2) is 7.78. The molecular formula is C20H21N3O2S2. The van der Waals surface area contributed by atoms with Crippen LogP contribution in [0.1, 0.15) is 10.4 Å². The number of para-hydroxylation sites is 1. The van der Waals surface area contributed by atoms with E-state index in [1.807, 2.05) is 29.2 Å². The average Bonchev–Trinajstić information content (AvgIpc) is 3.16. The van der Waals surface area contributed by atoms with E-state index in [1.54, 1.807) is 30.2 Å². The van der Waals surface area contributed by atoms with Gasteiger partial charge in [-0.05, 0) is 36.6 Å². The Labute approximate surface area is 166 Å².